The second-order valence-electron chi connectivity index (χ2n) is 4.48. The summed E-state index contributed by atoms with van der Waals surface area (Å²) in [7, 11) is 0. The monoisotopic (exact) mass is 275 g/mol. The van der Waals surface area contributed by atoms with Crippen molar-refractivity contribution in [3.8, 4) is 11.8 Å². The van der Waals surface area contributed by atoms with Gasteiger partial charge in [0.15, 0.2) is 0 Å². The van der Waals surface area contributed by atoms with E-state index in [-0.39, 0.29) is 12.5 Å². The van der Waals surface area contributed by atoms with Crippen molar-refractivity contribution in [2.75, 3.05) is 24.7 Å². The molecule has 1 amide bonds. The van der Waals surface area contributed by atoms with E-state index in [9.17, 15) is 4.79 Å². The highest BCUT2D eigenvalue weighted by Gasteiger charge is 2.16. The molecular formula is C15H17NO2S. The number of rotatable bonds is 3. The van der Waals surface area contributed by atoms with Gasteiger partial charge in [0, 0.05) is 17.7 Å². The first-order chi connectivity index (χ1) is 9.29. The molecule has 0 radical (unpaired) electrons. The molecule has 1 aliphatic rings. The number of benzene rings is 1. The van der Waals surface area contributed by atoms with Crippen molar-refractivity contribution in [2.45, 2.75) is 6.42 Å². The molecule has 0 bridgehead atoms. The van der Waals surface area contributed by atoms with Crippen molar-refractivity contribution in [2.24, 2.45) is 5.92 Å². The smallest absolute Gasteiger partial charge is 0.251 e. The van der Waals surface area contributed by atoms with Crippen LogP contribution >= 0.6 is 11.8 Å². The van der Waals surface area contributed by atoms with Gasteiger partial charge in [-0.3, -0.25) is 4.79 Å². The lowest BCUT2D eigenvalue weighted by molar-refractivity contribution is 0.0948. The maximum absolute atomic E-state index is 11.9. The molecule has 1 saturated heterocycles. The number of hydrogen-bond acceptors (Lipinski definition) is 3. The van der Waals surface area contributed by atoms with Crippen LogP contribution in [0.2, 0.25) is 0 Å². The van der Waals surface area contributed by atoms with E-state index in [1.54, 1.807) is 24.3 Å². The number of carbonyl (C=O) groups is 1. The summed E-state index contributed by atoms with van der Waals surface area (Å²) < 4.78 is 0. The highest BCUT2D eigenvalue weighted by molar-refractivity contribution is 7.99. The van der Waals surface area contributed by atoms with Crippen LogP contribution in [0.4, 0.5) is 0 Å². The minimum Gasteiger partial charge on any atom is -0.384 e. The average Bonchev–Trinajstić information content (AvgIpc) is 2.96. The third-order valence-corrected chi connectivity index (χ3v) is 4.27. The van der Waals surface area contributed by atoms with Gasteiger partial charge in [-0.15, -0.1) is 0 Å². The van der Waals surface area contributed by atoms with Gasteiger partial charge in [-0.1, -0.05) is 11.8 Å². The molecule has 0 saturated carbocycles. The molecule has 1 fully saturated rings. The molecule has 1 heterocycles. The van der Waals surface area contributed by atoms with Crippen LogP contribution < -0.4 is 5.32 Å². The van der Waals surface area contributed by atoms with Crippen LogP contribution in [0, 0.1) is 17.8 Å². The predicted molar refractivity (Wildman–Crippen MR) is 78.2 cm³/mol. The van der Waals surface area contributed by atoms with Gasteiger partial charge in [-0.25, -0.2) is 0 Å². The van der Waals surface area contributed by atoms with Crippen LogP contribution in [-0.2, 0) is 0 Å². The summed E-state index contributed by atoms with van der Waals surface area (Å²) in [6.45, 7) is 0.611. The standard InChI is InChI=1S/C15H17NO2S/c17-8-1-2-12-3-5-14(6-4-12)15(18)16-10-13-7-9-19-11-13/h3-6,13,17H,7-11H2,(H,16,18). The van der Waals surface area contributed by atoms with E-state index in [1.165, 1.54) is 12.2 Å². The molecule has 0 aromatic heterocycles. The van der Waals surface area contributed by atoms with Crippen LogP contribution in [0.1, 0.15) is 22.3 Å². The van der Waals surface area contributed by atoms with Crippen molar-refractivity contribution in [3.05, 3.63) is 35.4 Å². The Morgan fingerprint density at radius 2 is 2.21 bits per heavy atom. The summed E-state index contributed by atoms with van der Waals surface area (Å²) in [6.07, 6.45) is 1.20. The van der Waals surface area contributed by atoms with Crippen molar-refractivity contribution in [1.82, 2.24) is 5.32 Å². The van der Waals surface area contributed by atoms with Crippen molar-refractivity contribution in [1.29, 1.82) is 0 Å². The van der Waals surface area contributed by atoms with E-state index in [2.05, 4.69) is 17.2 Å². The zero-order chi connectivity index (χ0) is 13.5. The number of aliphatic hydroxyl groups is 1. The van der Waals surface area contributed by atoms with E-state index >= 15 is 0 Å². The molecule has 100 valence electrons. The molecule has 4 heteroatoms. The molecule has 1 aromatic carbocycles. The van der Waals surface area contributed by atoms with Gasteiger partial charge >= 0.3 is 0 Å². The number of aliphatic hydroxyl groups excluding tert-OH is 1. The Morgan fingerprint density at radius 3 is 2.84 bits per heavy atom. The number of nitrogens with one attached hydrogen (secondary N) is 1. The van der Waals surface area contributed by atoms with Crippen LogP contribution in [0.15, 0.2) is 24.3 Å². The first kappa shape index (κ1) is 14.0. The first-order valence-electron chi connectivity index (χ1n) is 6.35. The van der Waals surface area contributed by atoms with Crippen molar-refractivity contribution in [3.63, 3.8) is 0 Å². The largest absolute Gasteiger partial charge is 0.384 e. The molecular weight excluding hydrogens is 258 g/mol. The lowest BCUT2D eigenvalue weighted by atomic mass is 10.1. The fourth-order valence-electron chi connectivity index (χ4n) is 1.93. The zero-order valence-corrected chi connectivity index (χ0v) is 11.5. The second kappa shape index (κ2) is 7.22. The molecule has 1 aliphatic heterocycles. The third kappa shape index (κ3) is 4.30. The zero-order valence-electron chi connectivity index (χ0n) is 10.7. The lowest BCUT2D eigenvalue weighted by Gasteiger charge is -2.09. The number of thioether (sulfide) groups is 1. The molecule has 0 aliphatic carbocycles. The van der Waals surface area contributed by atoms with E-state index in [1.807, 2.05) is 11.8 Å². The first-order valence-corrected chi connectivity index (χ1v) is 7.51. The lowest BCUT2D eigenvalue weighted by Crippen LogP contribution is -2.29. The Labute approximate surface area is 117 Å². The average molecular weight is 275 g/mol. The molecule has 1 aromatic rings. The molecule has 2 rings (SSSR count). The Hall–Kier alpha value is -1.44. The van der Waals surface area contributed by atoms with E-state index in [0.717, 1.165) is 17.9 Å². The Bertz CT molecular complexity index is 481. The van der Waals surface area contributed by atoms with Crippen molar-refractivity contribution >= 4 is 17.7 Å². The van der Waals surface area contributed by atoms with Gasteiger partial charge in [0.2, 0.25) is 0 Å². The van der Waals surface area contributed by atoms with Gasteiger partial charge in [-0.2, -0.15) is 11.8 Å². The Balaban J connectivity index is 1.88. The maximum Gasteiger partial charge on any atom is 0.251 e. The highest BCUT2D eigenvalue weighted by Crippen LogP contribution is 2.22. The van der Waals surface area contributed by atoms with Crippen LogP contribution in [0.3, 0.4) is 0 Å². The van der Waals surface area contributed by atoms with E-state index in [4.69, 9.17) is 5.11 Å². The van der Waals surface area contributed by atoms with Crippen LogP contribution in [-0.4, -0.2) is 35.7 Å². The summed E-state index contributed by atoms with van der Waals surface area (Å²) in [4.78, 5) is 11.9. The fraction of sp³-hybridized carbons (Fsp3) is 0.400. The minimum atomic E-state index is -0.151. The SMILES string of the molecule is O=C(NCC1CCSC1)c1ccc(C#CCO)cc1. The summed E-state index contributed by atoms with van der Waals surface area (Å²) in [5, 5.41) is 11.6. The van der Waals surface area contributed by atoms with Crippen LogP contribution in [0.25, 0.3) is 0 Å². The van der Waals surface area contributed by atoms with Gasteiger partial charge < -0.3 is 10.4 Å². The summed E-state index contributed by atoms with van der Waals surface area (Å²) >= 11 is 1.95. The van der Waals surface area contributed by atoms with Gasteiger partial charge in [0.1, 0.15) is 6.61 Å². The van der Waals surface area contributed by atoms with E-state index in [0.29, 0.717) is 11.5 Å². The molecule has 2 N–H and O–H groups in total. The summed E-state index contributed by atoms with van der Waals surface area (Å²) in [6, 6.07) is 7.12. The number of carbonyl (C=O) groups excluding carboxylic acids is 1. The third-order valence-electron chi connectivity index (χ3n) is 3.03. The van der Waals surface area contributed by atoms with Crippen molar-refractivity contribution < 1.29 is 9.90 Å². The number of hydrogen-bond donors (Lipinski definition) is 2. The molecule has 3 nitrogen and oxygen atoms in total. The minimum absolute atomic E-state index is 0.0291. The maximum atomic E-state index is 11.9. The summed E-state index contributed by atoms with van der Waals surface area (Å²) in [5.41, 5.74) is 1.46. The normalized spacial score (nSPS) is 17.6. The second-order valence-corrected chi connectivity index (χ2v) is 5.63. The van der Waals surface area contributed by atoms with Gasteiger partial charge in [0.05, 0.1) is 0 Å². The van der Waals surface area contributed by atoms with E-state index < -0.39 is 0 Å². The number of amides is 1. The quantitative estimate of drug-likeness (QED) is 0.822. The van der Waals surface area contributed by atoms with Crippen LogP contribution in [0.5, 0.6) is 0 Å². The molecule has 19 heavy (non-hydrogen) atoms. The summed E-state index contributed by atoms with van der Waals surface area (Å²) in [5.74, 6) is 8.32. The fourth-order valence-corrected chi connectivity index (χ4v) is 3.21. The Morgan fingerprint density at radius 1 is 1.42 bits per heavy atom. The highest BCUT2D eigenvalue weighted by atomic mass is 32.2. The predicted octanol–water partition coefficient (Wildman–Crippen LogP) is 1.51. The molecule has 0 spiro atoms. The topological polar surface area (TPSA) is 49.3 Å². The Kier molecular flexibility index (Phi) is 5.31. The van der Waals surface area contributed by atoms with Gasteiger partial charge in [0.25, 0.3) is 5.91 Å². The molecule has 1 unspecified atom stereocenters. The van der Waals surface area contributed by atoms with Gasteiger partial charge in [-0.05, 0) is 48.1 Å². The molecule has 1 atom stereocenters.